The molecule has 8 nitrogen and oxygen atoms in total. The van der Waals surface area contributed by atoms with Crippen molar-refractivity contribution in [1.82, 2.24) is 9.01 Å². The van der Waals surface area contributed by atoms with Crippen LogP contribution in [0.15, 0.2) is 52.5 Å². The predicted molar refractivity (Wildman–Crippen MR) is 109 cm³/mol. The Morgan fingerprint density at radius 2 is 1.93 bits per heavy atom. The highest BCUT2D eigenvalue weighted by Crippen LogP contribution is 2.48. The second kappa shape index (κ2) is 6.72. The molecule has 3 N–H and O–H groups in total. The summed E-state index contributed by atoms with van der Waals surface area (Å²) in [6.07, 6.45) is 4.88. The number of quaternary nitrogens is 1. The Balaban J connectivity index is 1.96. The van der Waals surface area contributed by atoms with E-state index in [1.807, 2.05) is 12.1 Å². The van der Waals surface area contributed by atoms with Gasteiger partial charge in [0.1, 0.15) is 16.4 Å². The van der Waals surface area contributed by atoms with Gasteiger partial charge in [-0.2, -0.15) is 0 Å². The van der Waals surface area contributed by atoms with E-state index in [-0.39, 0.29) is 17.1 Å². The Bertz CT molecular complexity index is 1090. The fourth-order valence-electron chi connectivity index (χ4n) is 4.11. The van der Waals surface area contributed by atoms with E-state index in [1.54, 1.807) is 25.1 Å². The number of allylic oxidation sites excluding steroid dienone is 4. The first-order valence-corrected chi connectivity index (χ1v) is 10.9. The van der Waals surface area contributed by atoms with Crippen molar-refractivity contribution in [2.24, 2.45) is 5.73 Å². The molecule has 1 aromatic rings. The van der Waals surface area contributed by atoms with Gasteiger partial charge in [-0.25, -0.2) is 13.2 Å². The number of nitrogens with zero attached hydrogens (tertiary/aromatic N) is 2. The SMILES string of the molecule is COC1=CC(S(=O)(=O)N(C2CC2)[N+]2(C(N)=O)C(C)=Cc3ccccc32)=C(O)CC1. The Morgan fingerprint density at radius 1 is 1.24 bits per heavy atom. The van der Waals surface area contributed by atoms with Crippen molar-refractivity contribution in [3.8, 4) is 0 Å². The number of hydrogen-bond acceptors (Lipinski definition) is 5. The van der Waals surface area contributed by atoms with Gasteiger partial charge in [-0.3, -0.25) is 0 Å². The van der Waals surface area contributed by atoms with Crippen molar-refractivity contribution in [3.63, 3.8) is 0 Å². The molecule has 1 heterocycles. The first-order valence-electron chi connectivity index (χ1n) is 9.43. The number of carbonyl (C=O) groups is 1. The summed E-state index contributed by atoms with van der Waals surface area (Å²) < 4.78 is 33.4. The van der Waals surface area contributed by atoms with Gasteiger partial charge in [0.25, 0.3) is 10.0 Å². The summed E-state index contributed by atoms with van der Waals surface area (Å²) in [5.74, 6) is 0.213. The number of nitrogens with two attached hydrogens (primary N) is 1. The third kappa shape index (κ3) is 2.80. The second-order valence-corrected chi connectivity index (χ2v) is 9.22. The number of fused-ring (bicyclic) bond motifs is 1. The molecule has 1 saturated carbocycles. The van der Waals surface area contributed by atoms with Crippen molar-refractivity contribution >= 4 is 27.8 Å². The Kier molecular flexibility index (Phi) is 4.56. The number of primary amides is 1. The van der Waals surface area contributed by atoms with Gasteiger partial charge in [0.2, 0.25) is 0 Å². The van der Waals surface area contributed by atoms with Crippen molar-refractivity contribution in [2.75, 3.05) is 7.11 Å². The molecule has 4 rings (SSSR count). The number of hydrogen-bond donors (Lipinski definition) is 2. The number of sulfonamides is 1. The molecule has 29 heavy (non-hydrogen) atoms. The van der Waals surface area contributed by atoms with E-state index in [4.69, 9.17) is 10.5 Å². The molecule has 1 unspecified atom stereocenters. The van der Waals surface area contributed by atoms with E-state index in [0.29, 0.717) is 36.4 Å². The lowest BCUT2D eigenvalue weighted by molar-refractivity contribution is 0.129. The maximum absolute atomic E-state index is 13.8. The number of rotatable bonds is 5. The standard InChI is InChI=1S/C20H23N3O5S/c1-13-11-14-5-3-4-6-17(14)23(13,20(21)25)22(15-7-8-15)29(26,27)19-12-16(28-2)9-10-18(19)24/h3-6,11-12,15H,7-10H2,1-2H3,(H2-,21,24,25)/p+1. The van der Waals surface area contributed by atoms with Gasteiger partial charge in [0, 0.05) is 37.5 Å². The maximum Gasteiger partial charge on any atom is 0.444 e. The molecule has 0 saturated heterocycles. The summed E-state index contributed by atoms with van der Waals surface area (Å²) in [6.45, 7) is 1.70. The normalized spacial score (nSPS) is 24.2. The van der Waals surface area contributed by atoms with Gasteiger partial charge in [0.05, 0.1) is 18.9 Å². The number of amides is 2. The first-order chi connectivity index (χ1) is 13.7. The van der Waals surface area contributed by atoms with Crippen molar-refractivity contribution < 1.29 is 23.1 Å². The van der Waals surface area contributed by atoms with Crippen LogP contribution in [0.1, 0.15) is 38.2 Å². The lowest BCUT2D eigenvalue weighted by Crippen LogP contribution is -2.67. The zero-order valence-corrected chi connectivity index (χ0v) is 17.1. The molecule has 1 atom stereocenters. The topological polar surface area (TPSA) is 110 Å². The number of ether oxygens (including phenoxy) is 1. The summed E-state index contributed by atoms with van der Waals surface area (Å²) in [5, 5.41) is 10.4. The number of aliphatic hydroxyl groups excluding tert-OH is 1. The summed E-state index contributed by atoms with van der Waals surface area (Å²) in [6, 6.07) is 5.89. The Hall–Kier alpha value is -2.62. The summed E-state index contributed by atoms with van der Waals surface area (Å²) in [7, 11) is -2.82. The largest absolute Gasteiger partial charge is 0.511 e. The molecule has 0 bridgehead atoms. The highest BCUT2D eigenvalue weighted by atomic mass is 32.2. The molecule has 2 aliphatic carbocycles. The van der Waals surface area contributed by atoms with Crippen LogP contribution in [-0.2, 0) is 14.8 Å². The fraction of sp³-hybridized carbons (Fsp3) is 0.350. The van der Waals surface area contributed by atoms with Crippen molar-refractivity contribution in [3.05, 3.63) is 58.0 Å². The van der Waals surface area contributed by atoms with Gasteiger partial charge < -0.3 is 15.6 Å². The van der Waals surface area contributed by atoms with Crippen LogP contribution in [0, 0.1) is 0 Å². The molecule has 3 aliphatic rings. The molecular weight excluding hydrogens is 394 g/mol. The number of methoxy groups -OCH3 is 1. The monoisotopic (exact) mass is 418 g/mol. The molecular formula is C20H24N3O5S+. The third-order valence-electron chi connectivity index (χ3n) is 5.61. The van der Waals surface area contributed by atoms with Crippen LogP contribution >= 0.6 is 0 Å². The predicted octanol–water partition coefficient (Wildman–Crippen LogP) is 3.25. The summed E-state index contributed by atoms with van der Waals surface area (Å²) in [5.41, 5.74) is 7.60. The zero-order chi connectivity index (χ0) is 21.0. The van der Waals surface area contributed by atoms with Crippen LogP contribution in [0.4, 0.5) is 10.5 Å². The van der Waals surface area contributed by atoms with Crippen LogP contribution in [-0.4, -0.2) is 37.1 Å². The van der Waals surface area contributed by atoms with Crippen LogP contribution in [0.2, 0.25) is 0 Å². The second-order valence-electron chi connectivity index (χ2n) is 7.45. The van der Waals surface area contributed by atoms with E-state index in [1.165, 1.54) is 13.2 Å². The zero-order valence-electron chi connectivity index (χ0n) is 16.3. The van der Waals surface area contributed by atoms with Crippen LogP contribution < -0.4 is 10.3 Å². The Labute approximate surface area is 169 Å². The average Bonchev–Trinajstić information content (AvgIpc) is 3.46. The minimum absolute atomic E-state index is 0.148. The van der Waals surface area contributed by atoms with Crippen LogP contribution in [0.3, 0.4) is 0 Å². The maximum atomic E-state index is 13.8. The van der Waals surface area contributed by atoms with Crippen molar-refractivity contribution in [1.29, 1.82) is 0 Å². The van der Waals surface area contributed by atoms with E-state index in [0.717, 1.165) is 9.98 Å². The highest BCUT2D eigenvalue weighted by molar-refractivity contribution is 7.93. The summed E-state index contributed by atoms with van der Waals surface area (Å²) in [4.78, 5) is 12.7. The van der Waals surface area contributed by atoms with Gasteiger partial charge in [-0.05, 0) is 29.4 Å². The highest BCUT2D eigenvalue weighted by Gasteiger charge is 2.61. The minimum atomic E-state index is -4.28. The lowest BCUT2D eigenvalue weighted by atomic mass is 10.1. The minimum Gasteiger partial charge on any atom is -0.511 e. The molecule has 0 aromatic heterocycles. The smallest absolute Gasteiger partial charge is 0.444 e. The van der Waals surface area contributed by atoms with E-state index in [2.05, 4.69) is 0 Å². The van der Waals surface area contributed by atoms with Crippen molar-refractivity contribution in [2.45, 2.75) is 38.6 Å². The molecule has 1 fully saturated rings. The van der Waals surface area contributed by atoms with Gasteiger partial charge >= 0.3 is 6.03 Å². The number of para-hydroxylation sites is 1. The number of carbonyl (C=O) groups excluding carboxylic acids is 1. The number of aliphatic hydroxyl groups is 1. The van der Waals surface area contributed by atoms with E-state index < -0.39 is 26.7 Å². The number of urea groups is 1. The van der Waals surface area contributed by atoms with Crippen LogP contribution in [0.5, 0.6) is 0 Å². The number of benzene rings is 1. The summed E-state index contributed by atoms with van der Waals surface area (Å²) >= 11 is 0. The van der Waals surface area contributed by atoms with E-state index >= 15 is 0 Å². The molecule has 2 amide bonds. The quantitative estimate of drug-likeness (QED) is 0.713. The Morgan fingerprint density at radius 3 is 2.55 bits per heavy atom. The average molecular weight is 418 g/mol. The molecule has 154 valence electrons. The van der Waals surface area contributed by atoms with E-state index in [9.17, 15) is 18.3 Å². The first kappa shape index (κ1) is 19.7. The fourth-order valence-corrected chi connectivity index (χ4v) is 6.22. The molecule has 1 aliphatic heterocycles. The van der Waals surface area contributed by atoms with Gasteiger partial charge in [0.15, 0.2) is 5.69 Å². The van der Waals surface area contributed by atoms with Gasteiger partial charge in [-0.1, -0.05) is 16.7 Å². The molecule has 0 spiro atoms. The molecule has 0 radical (unpaired) electrons. The lowest BCUT2D eigenvalue weighted by Gasteiger charge is -2.39. The third-order valence-corrected chi connectivity index (χ3v) is 7.55. The molecule has 9 heteroatoms. The molecule has 1 aromatic carbocycles. The van der Waals surface area contributed by atoms with Gasteiger partial charge in [-0.15, -0.1) is 0 Å². The van der Waals surface area contributed by atoms with Crippen LogP contribution in [0.25, 0.3) is 6.08 Å².